The third-order valence-corrected chi connectivity index (χ3v) is 5.44. The molecule has 1 aliphatic carbocycles. The Labute approximate surface area is 158 Å². The molecule has 12 heteroatoms. The number of ether oxygens (including phenoxy) is 1. The van der Waals surface area contributed by atoms with E-state index in [1.165, 1.54) is 16.4 Å². The Kier molecular flexibility index (Phi) is 6.35. The summed E-state index contributed by atoms with van der Waals surface area (Å²) in [5.74, 6) is 0.842. The molecular weight excluding hydrogens is 384 g/mol. The average Bonchev–Trinajstić information content (AvgIpc) is 3.16. The molecular formula is C14H19ClN6O4S. The highest BCUT2D eigenvalue weighted by Crippen LogP contribution is 2.35. The largest absolute Gasteiger partial charge is 0.388 e. The van der Waals surface area contributed by atoms with Crippen LogP contribution in [0.3, 0.4) is 0 Å². The quantitative estimate of drug-likeness (QED) is 0.219. The van der Waals surface area contributed by atoms with Crippen LogP contribution in [0.2, 0.25) is 5.15 Å². The van der Waals surface area contributed by atoms with Gasteiger partial charge in [0.1, 0.15) is 18.8 Å². The van der Waals surface area contributed by atoms with Crippen molar-refractivity contribution in [3.8, 4) is 0 Å². The molecule has 4 unspecified atom stereocenters. The van der Waals surface area contributed by atoms with E-state index >= 15 is 0 Å². The minimum atomic E-state index is -1.12. The Morgan fingerprint density at radius 2 is 2.19 bits per heavy atom. The van der Waals surface area contributed by atoms with Crippen molar-refractivity contribution in [2.45, 2.75) is 49.3 Å². The van der Waals surface area contributed by atoms with Gasteiger partial charge in [0, 0.05) is 12.2 Å². The number of aliphatic hydroxyl groups is 2. The van der Waals surface area contributed by atoms with E-state index in [-0.39, 0.29) is 18.3 Å². The molecule has 2 N–H and O–H groups in total. The number of fused-ring (bicyclic) bond motifs is 1. The van der Waals surface area contributed by atoms with Gasteiger partial charge in [-0.05, 0) is 6.42 Å². The smallest absolute Gasteiger partial charge is 0.191 e. The van der Waals surface area contributed by atoms with E-state index in [1.54, 1.807) is 0 Å². The number of rotatable bonds is 8. The molecule has 0 saturated heterocycles. The van der Waals surface area contributed by atoms with Crippen molar-refractivity contribution >= 4 is 34.5 Å². The van der Waals surface area contributed by atoms with Crippen molar-refractivity contribution in [2.24, 2.45) is 5.18 Å². The van der Waals surface area contributed by atoms with Gasteiger partial charge in [0.05, 0.1) is 18.8 Å². The third kappa shape index (κ3) is 3.81. The standard InChI is InChI=1S/C14H19ClN6O4S/c1-2-5-26-14-17-12(15)9-13(18-14)21(20-19-9)7-6-8(11(23)10(7)22)25-4-3-16-24/h7-8,10-11,22-23H,2-6H2,1H3. The van der Waals surface area contributed by atoms with Gasteiger partial charge in [-0.3, -0.25) is 0 Å². The summed E-state index contributed by atoms with van der Waals surface area (Å²) in [7, 11) is 0. The maximum atomic E-state index is 10.4. The van der Waals surface area contributed by atoms with Crippen LogP contribution < -0.4 is 0 Å². The lowest BCUT2D eigenvalue weighted by Gasteiger charge is -2.17. The van der Waals surface area contributed by atoms with Gasteiger partial charge >= 0.3 is 0 Å². The Morgan fingerprint density at radius 1 is 1.38 bits per heavy atom. The summed E-state index contributed by atoms with van der Waals surface area (Å²) in [6.07, 6.45) is -1.61. The Balaban J connectivity index is 1.87. The van der Waals surface area contributed by atoms with Gasteiger partial charge in [-0.1, -0.05) is 40.7 Å². The molecule has 2 heterocycles. The van der Waals surface area contributed by atoms with Gasteiger partial charge in [-0.2, -0.15) is 4.91 Å². The third-order valence-electron chi connectivity index (χ3n) is 4.12. The Morgan fingerprint density at radius 3 is 2.92 bits per heavy atom. The summed E-state index contributed by atoms with van der Waals surface area (Å²) in [6, 6.07) is -0.584. The second-order valence-corrected chi connectivity index (χ2v) is 7.32. The zero-order chi connectivity index (χ0) is 18.7. The first-order valence-electron chi connectivity index (χ1n) is 8.24. The second-order valence-electron chi connectivity index (χ2n) is 5.90. The molecule has 0 spiro atoms. The van der Waals surface area contributed by atoms with Crippen LogP contribution in [0.4, 0.5) is 0 Å². The molecule has 4 atom stereocenters. The number of aromatic nitrogens is 5. The Bertz CT molecular complexity index is 777. The molecule has 0 bridgehead atoms. The minimum Gasteiger partial charge on any atom is -0.388 e. The van der Waals surface area contributed by atoms with Crippen molar-refractivity contribution in [1.29, 1.82) is 0 Å². The van der Waals surface area contributed by atoms with Crippen molar-refractivity contribution in [3.05, 3.63) is 10.1 Å². The van der Waals surface area contributed by atoms with E-state index in [2.05, 4.69) is 32.4 Å². The van der Waals surface area contributed by atoms with Gasteiger partial charge in [0.2, 0.25) is 0 Å². The first-order valence-corrected chi connectivity index (χ1v) is 9.61. The number of aliphatic hydroxyl groups excluding tert-OH is 2. The predicted octanol–water partition coefficient (Wildman–Crippen LogP) is 1.19. The van der Waals surface area contributed by atoms with Crippen LogP contribution in [0.25, 0.3) is 11.2 Å². The molecule has 2 aromatic rings. The normalized spacial score (nSPS) is 25.8. The van der Waals surface area contributed by atoms with Crippen LogP contribution in [0.5, 0.6) is 0 Å². The SMILES string of the molecule is CCCSc1nc(Cl)c2nnn(C3CC(OCCN=O)C(O)C3O)c2n1. The summed E-state index contributed by atoms with van der Waals surface area (Å²) < 4.78 is 6.89. The van der Waals surface area contributed by atoms with Crippen LogP contribution in [0, 0.1) is 4.91 Å². The number of thioether (sulfide) groups is 1. The molecule has 3 rings (SSSR count). The fourth-order valence-corrected chi connectivity index (χ4v) is 3.82. The molecule has 0 aromatic carbocycles. The molecule has 2 aromatic heterocycles. The van der Waals surface area contributed by atoms with Crippen molar-refractivity contribution in [3.63, 3.8) is 0 Å². The van der Waals surface area contributed by atoms with Crippen molar-refractivity contribution in [2.75, 3.05) is 18.9 Å². The maximum absolute atomic E-state index is 10.4. The molecule has 0 amide bonds. The summed E-state index contributed by atoms with van der Waals surface area (Å²) in [6.45, 7) is 2.11. The van der Waals surface area contributed by atoms with E-state index < -0.39 is 24.4 Å². The monoisotopic (exact) mass is 402 g/mol. The van der Waals surface area contributed by atoms with Crippen LogP contribution in [-0.2, 0) is 4.74 Å². The van der Waals surface area contributed by atoms with E-state index in [9.17, 15) is 15.1 Å². The van der Waals surface area contributed by atoms with Crippen LogP contribution in [0.1, 0.15) is 25.8 Å². The lowest BCUT2D eigenvalue weighted by atomic mass is 10.2. The first-order chi connectivity index (χ1) is 12.6. The average molecular weight is 403 g/mol. The van der Waals surface area contributed by atoms with Crippen LogP contribution >= 0.6 is 23.4 Å². The summed E-state index contributed by atoms with van der Waals surface area (Å²) in [5.41, 5.74) is 0.735. The van der Waals surface area contributed by atoms with Crippen molar-refractivity contribution < 1.29 is 14.9 Å². The predicted molar refractivity (Wildman–Crippen MR) is 95.2 cm³/mol. The van der Waals surface area contributed by atoms with Crippen molar-refractivity contribution in [1.82, 2.24) is 25.0 Å². The second kappa shape index (κ2) is 8.53. The molecule has 0 aliphatic heterocycles. The van der Waals surface area contributed by atoms with Gasteiger partial charge < -0.3 is 14.9 Å². The van der Waals surface area contributed by atoms with Gasteiger partial charge in [0.25, 0.3) is 0 Å². The van der Waals surface area contributed by atoms with Crippen LogP contribution in [-0.4, -0.2) is 72.4 Å². The van der Waals surface area contributed by atoms with Gasteiger partial charge in [-0.25, -0.2) is 14.6 Å². The fourth-order valence-electron chi connectivity index (χ4n) is 2.88. The van der Waals surface area contributed by atoms with E-state index in [0.29, 0.717) is 22.7 Å². The summed E-state index contributed by atoms with van der Waals surface area (Å²) in [4.78, 5) is 18.8. The zero-order valence-corrected chi connectivity index (χ0v) is 15.6. The van der Waals surface area contributed by atoms with E-state index in [4.69, 9.17) is 16.3 Å². The lowest BCUT2D eigenvalue weighted by molar-refractivity contribution is -0.0546. The highest BCUT2D eigenvalue weighted by atomic mass is 35.5. The highest BCUT2D eigenvalue weighted by molar-refractivity contribution is 7.99. The maximum Gasteiger partial charge on any atom is 0.191 e. The first kappa shape index (κ1) is 19.4. The lowest BCUT2D eigenvalue weighted by Crippen LogP contribution is -2.33. The zero-order valence-electron chi connectivity index (χ0n) is 14.0. The summed E-state index contributed by atoms with van der Waals surface area (Å²) in [5, 5.41) is 32.1. The van der Waals surface area contributed by atoms with E-state index in [1.807, 2.05) is 0 Å². The number of halogens is 1. The molecule has 0 radical (unpaired) electrons. The van der Waals surface area contributed by atoms with E-state index in [0.717, 1.165) is 12.2 Å². The van der Waals surface area contributed by atoms with Gasteiger partial charge in [-0.15, -0.1) is 5.10 Å². The molecule has 10 nitrogen and oxygen atoms in total. The molecule has 26 heavy (non-hydrogen) atoms. The molecule has 142 valence electrons. The molecule has 1 aliphatic rings. The number of hydrogen-bond acceptors (Lipinski definition) is 10. The number of nitrogens with zero attached hydrogens (tertiary/aromatic N) is 6. The number of nitroso groups, excluding NO2 is 1. The van der Waals surface area contributed by atoms with Gasteiger partial charge in [0.15, 0.2) is 21.5 Å². The Hall–Kier alpha value is -1.40. The highest BCUT2D eigenvalue weighted by Gasteiger charge is 2.44. The molecule has 1 saturated carbocycles. The number of hydrogen-bond donors (Lipinski definition) is 2. The minimum absolute atomic E-state index is 0.0168. The summed E-state index contributed by atoms with van der Waals surface area (Å²) >= 11 is 7.65. The molecule has 1 fully saturated rings. The topological polar surface area (TPSA) is 136 Å². The fraction of sp³-hybridized carbons (Fsp3) is 0.714. The van der Waals surface area contributed by atoms with Crippen LogP contribution in [0.15, 0.2) is 10.3 Å².